The maximum Gasteiger partial charge on any atom is 0.257 e. The van der Waals surface area contributed by atoms with Gasteiger partial charge in [0, 0.05) is 25.8 Å². The fourth-order valence-corrected chi connectivity index (χ4v) is 3.96. The van der Waals surface area contributed by atoms with Crippen molar-refractivity contribution in [2.75, 3.05) is 26.2 Å². The van der Waals surface area contributed by atoms with Gasteiger partial charge in [-0.1, -0.05) is 13.8 Å². The highest BCUT2D eigenvalue weighted by Gasteiger charge is 2.28. The summed E-state index contributed by atoms with van der Waals surface area (Å²) in [6, 6.07) is -0.0513. The van der Waals surface area contributed by atoms with E-state index in [9.17, 15) is 9.59 Å². The number of amides is 2. The Labute approximate surface area is 173 Å². The van der Waals surface area contributed by atoms with E-state index in [1.54, 1.807) is 6.20 Å². The van der Waals surface area contributed by atoms with Gasteiger partial charge >= 0.3 is 0 Å². The summed E-state index contributed by atoms with van der Waals surface area (Å²) in [4.78, 5) is 35.9. The summed E-state index contributed by atoms with van der Waals surface area (Å²) in [6.07, 6.45) is 5.62. The molecule has 0 aromatic carbocycles. The van der Waals surface area contributed by atoms with Gasteiger partial charge in [-0.3, -0.25) is 9.59 Å². The molecule has 2 aliphatic rings. The minimum Gasteiger partial charge on any atom is -0.354 e. The Morgan fingerprint density at radius 1 is 1.32 bits per heavy atom. The van der Waals surface area contributed by atoms with Crippen LogP contribution >= 0.6 is 12.4 Å². The van der Waals surface area contributed by atoms with Gasteiger partial charge in [-0.15, -0.1) is 12.4 Å². The number of carbonyl (C=O) groups excluding carboxylic acids is 2. The van der Waals surface area contributed by atoms with Crippen LogP contribution in [0.5, 0.6) is 0 Å². The minimum atomic E-state index is -0.0513. The smallest absolute Gasteiger partial charge is 0.257 e. The number of halogens is 1. The van der Waals surface area contributed by atoms with Crippen LogP contribution in [0.2, 0.25) is 0 Å². The third kappa shape index (κ3) is 5.41. The van der Waals surface area contributed by atoms with Crippen molar-refractivity contribution in [3.63, 3.8) is 0 Å². The molecule has 2 amide bonds. The molecule has 2 fully saturated rings. The second kappa shape index (κ2) is 10.2. The summed E-state index contributed by atoms with van der Waals surface area (Å²) in [5.74, 6) is 1.25. The molecule has 0 saturated carbocycles. The first-order valence-electron chi connectivity index (χ1n) is 10.1. The Bertz CT molecular complexity index is 691. The SMILES string of the molecule is Cc1ncc(C(=O)N2CCCC(CNC(=O)C3CCCN3)C2)c(C(C)C)n1.Cl. The van der Waals surface area contributed by atoms with E-state index in [0.29, 0.717) is 30.4 Å². The summed E-state index contributed by atoms with van der Waals surface area (Å²) in [5.41, 5.74) is 1.42. The Morgan fingerprint density at radius 3 is 2.79 bits per heavy atom. The number of aryl methyl sites for hydroxylation is 1. The van der Waals surface area contributed by atoms with Crippen molar-refractivity contribution >= 4 is 24.2 Å². The highest BCUT2D eigenvalue weighted by molar-refractivity contribution is 5.95. The number of aromatic nitrogens is 2. The van der Waals surface area contributed by atoms with Crippen LogP contribution in [-0.4, -0.2) is 58.9 Å². The van der Waals surface area contributed by atoms with Gasteiger partial charge in [-0.05, 0) is 51.0 Å². The van der Waals surface area contributed by atoms with Crippen LogP contribution in [-0.2, 0) is 4.79 Å². The number of likely N-dealkylation sites (tertiary alicyclic amines) is 1. The summed E-state index contributed by atoms with van der Waals surface area (Å²) in [6.45, 7) is 8.90. The minimum absolute atomic E-state index is 0. The molecule has 2 unspecified atom stereocenters. The Hall–Kier alpha value is -1.73. The number of carbonyl (C=O) groups is 2. The fourth-order valence-electron chi connectivity index (χ4n) is 3.96. The van der Waals surface area contributed by atoms with Gasteiger partial charge in [0.15, 0.2) is 0 Å². The van der Waals surface area contributed by atoms with E-state index in [1.807, 2.05) is 25.7 Å². The van der Waals surface area contributed by atoms with Gasteiger partial charge in [0.05, 0.1) is 17.3 Å². The molecule has 0 radical (unpaired) electrons. The molecule has 2 atom stereocenters. The molecule has 28 heavy (non-hydrogen) atoms. The molecule has 156 valence electrons. The normalized spacial score (nSPS) is 22.1. The van der Waals surface area contributed by atoms with Crippen LogP contribution in [0, 0.1) is 12.8 Å². The van der Waals surface area contributed by atoms with Crippen LogP contribution in [0.3, 0.4) is 0 Å². The van der Waals surface area contributed by atoms with Gasteiger partial charge < -0.3 is 15.5 Å². The summed E-state index contributed by atoms with van der Waals surface area (Å²) >= 11 is 0. The van der Waals surface area contributed by atoms with Gasteiger partial charge in [-0.2, -0.15) is 0 Å². The number of rotatable bonds is 5. The molecular weight excluding hydrogens is 378 g/mol. The molecule has 3 rings (SSSR count). The van der Waals surface area contributed by atoms with E-state index in [1.165, 1.54) is 0 Å². The van der Waals surface area contributed by atoms with Crippen molar-refractivity contribution in [1.82, 2.24) is 25.5 Å². The largest absolute Gasteiger partial charge is 0.354 e. The first-order valence-corrected chi connectivity index (χ1v) is 10.1. The molecule has 2 N–H and O–H groups in total. The van der Waals surface area contributed by atoms with Gasteiger partial charge in [0.2, 0.25) is 5.91 Å². The second-order valence-corrected chi connectivity index (χ2v) is 8.02. The van der Waals surface area contributed by atoms with Crippen LogP contribution in [0.15, 0.2) is 6.20 Å². The van der Waals surface area contributed by atoms with Crippen LogP contribution in [0.25, 0.3) is 0 Å². The first-order chi connectivity index (χ1) is 13.0. The Balaban J connectivity index is 0.00000280. The van der Waals surface area contributed by atoms with Crippen molar-refractivity contribution in [2.24, 2.45) is 5.92 Å². The molecule has 8 heteroatoms. The maximum atomic E-state index is 13.1. The molecular formula is C20H32ClN5O2. The molecule has 0 bridgehead atoms. The van der Waals surface area contributed by atoms with Gasteiger partial charge in [-0.25, -0.2) is 9.97 Å². The zero-order valence-corrected chi connectivity index (χ0v) is 17.8. The zero-order valence-electron chi connectivity index (χ0n) is 17.0. The van der Waals surface area contributed by atoms with Crippen molar-refractivity contribution in [1.29, 1.82) is 0 Å². The first kappa shape index (κ1) is 22.6. The average molecular weight is 410 g/mol. The van der Waals surface area contributed by atoms with Gasteiger partial charge in [0.1, 0.15) is 5.82 Å². The molecule has 1 aromatic rings. The third-order valence-corrected chi connectivity index (χ3v) is 5.46. The third-order valence-electron chi connectivity index (χ3n) is 5.46. The van der Waals surface area contributed by atoms with E-state index in [-0.39, 0.29) is 36.2 Å². The highest BCUT2D eigenvalue weighted by Crippen LogP contribution is 2.22. The van der Waals surface area contributed by atoms with Crippen LogP contribution < -0.4 is 10.6 Å². The van der Waals surface area contributed by atoms with Crippen LogP contribution in [0.1, 0.15) is 67.3 Å². The van der Waals surface area contributed by atoms with E-state index in [0.717, 1.165) is 44.5 Å². The van der Waals surface area contributed by atoms with Crippen molar-refractivity contribution in [3.8, 4) is 0 Å². The number of nitrogens with zero attached hydrogens (tertiary/aromatic N) is 3. The molecule has 0 spiro atoms. The number of hydrogen-bond acceptors (Lipinski definition) is 5. The number of hydrogen-bond donors (Lipinski definition) is 2. The highest BCUT2D eigenvalue weighted by atomic mass is 35.5. The topological polar surface area (TPSA) is 87.2 Å². The number of nitrogens with one attached hydrogen (secondary N) is 2. The Kier molecular flexibility index (Phi) is 8.19. The van der Waals surface area contributed by atoms with Crippen molar-refractivity contribution in [2.45, 2.75) is 58.4 Å². The average Bonchev–Trinajstić information content (AvgIpc) is 3.20. The summed E-state index contributed by atoms with van der Waals surface area (Å²) in [5, 5.41) is 6.29. The molecule has 1 aromatic heterocycles. The maximum absolute atomic E-state index is 13.1. The second-order valence-electron chi connectivity index (χ2n) is 8.02. The van der Waals surface area contributed by atoms with E-state index in [4.69, 9.17) is 0 Å². The zero-order chi connectivity index (χ0) is 19.4. The lowest BCUT2D eigenvalue weighted by Crippen LogP contribution is -2.47. The van der Waals surface area contributed by atoms with E-state index >= 15 is 0 Å². The van der Waals surface area contributed by atoms with E-state index < -0.39 is 0 Å². The molecule has 3 heterocycles. The molecule has 2 saturated heterocycles. The number of piperidine rings is 1. The molecule has 7 nitrogen and oxygen atoms in total. The quantitative estimate of drug-likeness (QED) is 0.777. The predicted molar refractivity (Wildman–Crippen MR) is 111 cm³/mol. The summed E-state index contributed by atoms with van der Waals surface area (Å²) < 4.78 is 0. The predicted octanol–water partition coefficient (Wildman–Crippen LogP) is 2.05. The molecule has 2 aliphatic heterocycles. The Morgan fingerprint density at radius 2 is 2.11 bits per heavy atom. The van der Waals surface area contributed by atoms with Crippen molar-refractivity contribution in [3.05, 3.63) is 23.3 Å². The lowest BCUT2D eigenvalue weighted by Gasteiger charge is -2.33. The monoisotopic (exact) mass is 409 g/mol. The van der Waals surface area contributed by atoms with Crippen molar-refractivity contribution < 1.29 is 9.59 Å². The van der Waals surface area contributed by atoms with E-state index in [2.05, 4.69) is 20.6 Å². The van der Waals surface area contributed by atoms with Gasteiger partial charge in [0.25, 0.3) is 5.91 Å². The molecule has 0 aliphatic carbocycles. The lowest BCUT2D eigenvalue weighted by molar-refractivity contribution is -0.123. The standard InChI is InChI=1S/C20H31N5O2.ClH/c1-13(2)18-16(11-22-14(3)24-18)20(27)25-9-5-6-15(12-25)10-23-19(26)17-7-4-8-21-17;/h11,13,15,17,21H,4-10,12H2,1-3H3,(H,23,26);1H. The fraction of sp³-hybridized carbons (Fsp3) is 0.700. The van der Waals surface area contributed by atoms with Crippen LogP contribution in [0.4, 0.5) is 0 Å². The summed E-state index contributed by atoms with van der Waals surface area (Å²) in [7, 11) is 0. The lowest BCUT2D eigenvalue weighted by atomic mass is 9.96.